The zero-order valence-corrected chi connectivity index (χ0v) is 13.7. The molecular weight excluding hydrogens is 314 g/mol. The normalized spacial score (nSPS) is 12.8. The fourth-order valence-corrected chi connectivity index (χ4v) is 2.58. The topological polar surface area (TPSA) is 54.9 Å². The van der Waals surface area contributed by atoms with Crippen LogP contribution in [0.5, 0.6) is 0 Å². The fourth-order valence-electron chi connectivity index (χ4n) is 2.41. The van der Waals surface area contributed by atoms with Gasteiger partial charge in [-0.25, -0.2) is 4.99 Å². The van der Waals surface area contributed by atoms with Crippen LogP contribution < -0.4 is 10.6 Å². The van der Waals surface area contributed by atoms with Crippen molar-refractivity contribution in [2.24, 2.45) is 4.99 Å². The van der Waals surface area contributed by atoms with Crippen LogP contribution in [-0.2, 0) is 9.47 Å². The van der Waals surface area contributed by atoms with Gasteiger partial charge in [0, 0.05) is 30.5 Å². The summed E-state index contributed by atoms with van der Waals surface area (Å²) >= 11 is 6.10. The third kappa shape index (κ3) is 3.47. The van der Waals surface area contributed by atoms with E-state index in [4.69, 9.17) is 26.1 Å². The number of nitrogens with zero attached hydrogens (tertiary/aromatic N) is 1. The summed E-state index contributed by atoms with van der Waals surface area (Å²) in [5, 5.41) is 7.36. The number of benzene rings is 2. The Kier molecular flexibility index (Phi) is 4.81. The van der Waals surface area contributed by atoms with E-state index in [0.717, 1.165) is 28.5 Å². The number of ether oxygens (including phenoxy) is 2. The first-order valence-electron chi connectivity index (χ1n) is 7.25. The molecule has 2 N–H and O–H groups in total. The largest absolute Gasteiger partial charge is 0.364 e. The van der Waals surface area contributed by atoms with Gasteiger partial charge in [0.05, 0.1) is 17.9 Å². The first-order chi connectivity index (χ1) is 11.2. The Bertz CT molecular complexity index is 730. The zero-order valence-electron chi connectivity index (χ0n) is 13.0. The monoisotopic (exact) mass is 331 g/mol. The first-order valence-corrected chi connectivity index (χ1v) is 7.63. The minimum atomic E-state index is -0.342. The van der Waals surface area contributed by atoms with Gasteiger partial charge >= 0.3 is 0 Å². The van der Waals surface area contributed by atoms with Gasteiger partial charge in [-0.05, 0) is 30.3 Å². The molecule has 0 aromatic heterocycles. The van der Waals surface area contributed by atoms with E-state index in [-0.39, 0.29) is 6.29 Å². The highest BCUT2D eigenvalue weighted by atomic mass is 35.5. The molecule has 2 aromatic carbocycles. The van der Waals surface area contributed by atoms with Gasteiger partial charge in [0.1, 0.15) is 5.84 Å². The summed E-state index contributed by atoms with van der Waals surface area (Å²) in [6.45, 7) is 0.489. The van der Waals surface area contributed by atoms with Crippen LogP contribution in [0.15, 0.2) is 47.5 Å². The number of methoxy groups -OCH3 is 2. The minimum Gasteiger partial charge on any atom is -0.364 e. The summed E-state index contributed by atoms with van der Waals surface area (Å²) in [7, 11) is 3.22. The second kappa shape index (κ2) is 7.00. The summed E-state index contributed by atoms with van der Waals surface area (Å²) < 4.78 is 10.4. The van der Waals surface area contributed by atoms with Gasteiger partial charge in [-0.1, -0.05) is 23.7 Å². The Morgan fingerprint density at radius 3 is 2.70 bits per heavy atom. The lowest BCUT2D eigenvalue weighted by Gasteiger charge is -2.16. The van der Waals surface area contributed by atoms with Crippen LogP contribution in [-0.4, -0.2) is 32.9 Å². The maximum Gasteiger partial charge on any atom is 0.173 e. The minimum absolute atomic E-state index is 0.342. The molecule has 0 fully saturated rings. The van der Waals surface area contributed by atoms with Crippen molar-refractivity contribution in [1.29, 1.82) is 0 Å². The lowest BCUT2D eigenvalue weighted by molar-refractivity contribution is -0.0965. The quantitative estimate of drug-likeness (QED) is 0.839. The van der Waals surface area contributed by atoms with Gasteiger partial charge in [0.2, 0.25) is 0 Å². The number of hydrogen-bond donors (Lipinski definition) is 2. The molecule has 0 radical (unpaired) electrons. The molecule has 0 unspecified atom stereocenters. The zero-order chi connectivity index (χ0) is 16.2. The molecule has 2 aromatic rings. The van der Waals surface area contributed by atoms with Crippen LogP contribution >= 0.6 is 11.6 Å². The number of anilines is 2. The van der Waals surface area contributed by atoms with E-state index in [1.807, 2.05) is 42.5 Å². The molecule has 1 heterocycles. The van der Waals surface area contributed by atoms with Crippen LogP contribution in [0, 0.1) is 0 Å². The van der Waals surface area contributed by atoms with Crippen molar-refractivity contribution in [2.75, 3.05) is 26.1 Å². The molecule has 23 heavy (non-hydrogen) atoms. The summed E-state index contributed by atoms with van der Waals surface area (Å²) in [4.78, 5) is 4.74. The fraction of sp³-hybridized carbons (Fsp3) is 0.235. The average molecular weight is 332 g/mol. The second-order valence-electron chi connectivity index (χ2n) is 5.07. The summed E-state index contributed by atoms with van der Waals surface area (Å²) in [6.07, 6.45) is -0.342. The Hall–Kier alpha value is -2.08. The van der Waals surface area contributed by atoms with Crippen molar-refractivity contribution >= 4 is 34.5 Å². The predicted octanol–water partition coefficient (Wildman–Crippen LogP) is 3.68. The Morgan fingerprint density at radius 2 is 1.91 bits per heavy atom. The number of nitrogens with one attached hydrogen (secondary N) is 2. The van der Waals surface area contributed by atoms with Gasteiger partial charge in [-0.3, -0.25) is 0 Å². The van der Waals surface area contributed by atoms with Gasteiger partial charge < -0.3 is 20.1 Å². The van der Waals surface area contributed by atoms with Gasteiger partial charge in [-0.2, -0.15) is 0 Å². The van der Waals surface area contributed by atoms with E-state index in [1.165, 1.54) is 0 Å². The molecule has 0 saturated carbocycles. The molecule has 120 valence electrons. The highest BCUT2D eigenvalue weighted by Gasteiger charge is 2.17. The predicted molar refractivity (Wildman–Crippen MR) is 93.2 cm³/mol. The van der Waals surface area contributed by atoms with E-state index in [9.17, 15) is 0 Å². The molecule has 3 rings (SSSR count). The molecule has 5 nitrogen and oxygen atoms in total. The number of para-hydroxylation sites is 1. The number of fused-ring (bicyclic) bond motifs is 2. The summed E-state index contributed by atoms with van der Waals surface area (Å²) in [5.41, 5.74) is 3.63. The second-order valence-corrected chi connectivity index (χ2v) is 5.51. The van der Waals surface area contributed by atoms with Crippen molar-refractivity contribution in [2.45, 2.75) is 6.29 Å². The number of halogens is 1. The van der Waals surface area contributed by atoms with Crippen LogP contribution in [0.4, 0.5) is 17.1 Å². The van der Waals surface area contributed by atoms with Crippen molar-refractivity contribution in [3.63, 3.8) is 0 Å². The molecule has 1 aliphatic heterocycles. The van der Waals surface area contributed by atoms with Gasteiger partial charge in [0.25, 0.3) is 0 Å². The standard InChI is InChI=1S/C17H18ClN3O2/c1-22-16(23-2)10-19-17-12-5-3-4-6-13(12)20-15-9-11(18)7-8-14(15)21-17/h3-9,16,20H,10H2,1-2H3,(H,19,21). The van der Waals surface area contributed by atoms with Gasteiger partial charge in [0.15, 0.2) is 6.29 Å². The lowest BCUT2D eigenvalue weighted by atomic mass is 10.1. The first kappa shape index (κ1) is 15.8. The smallest absolute Gasteiger partial charge is 0.173 e. The highest BCUT2D eigenvalue weighted by molar-refractivity contribution is 6.31. The number of aliphatic imine (C=N–C) groups is 1. The van der Waals surface area contributed by atoms with Gasteiger partial charge in [-0.15, -0.1) is 0 Å². The van der Waals surface area contributed by atoms with E-state index in [2.05, 4.69) is 10.6 Å². The Labute approximate surface area is 140 Å². The molecule has 6 heteroatoms. The number of amidine groups is 1. The molecule has 0 saturated heterocycles. The summed E-state index contributed by atoms with van der Waals surface area (Å²) in [5.74, 6) is 0.758. The number of hydrogen-bond acceptors (Lipinski definition) is 5. The van der Waals surface area contributed by atoms with Crippen molar-refractivity contribution in [1.82, 2.24) is 5.32 Å². The van der Waals surface area contributed by atoms with E-state index in [1.54, 1.807) is 14.2 Å². The van der Waals surface area contributed by atoms with Crippen LogP contribution in [0.2, 0.25) is 5.02 Å². The van der Waals surface area contributed by atoms with Crippen molar-refractivity contribution < 1.29 is 9.47 Å². The third-order valence-electron chi connectivity index (χ3n) is 3.60. The highest BCUT2D eigenvalue weighted by Crippen LogP contribution is 2.35. The molecule has 1 aliphatic rings. The van der Waals surface area contributed by atoms with Crippen molar-refractivity contribution in [3.05, 3.63) is 53.1 Å². The molecular formula is C17H18ClN3O2. The molecule has 0 aliphatic carbocycles. The molecule has 0 amide bonds. The van der Waals surface area contributed by atoms with E-state index < -0.39 is 0 Å². The van der Waals surface area contributed by atoms with Crippen molar-refractivity contribution in [3.8, 4) is 0 Å². The average Bonchev–Trinajstić information content (AvgIpc) is 2.72. The van der Waals surface area contributed by atoms with E-state index >= 15 is 0 Å². The Morgan fingerprint density at radius 1 is 1.13 bits per heavy atom. The Balaban J connectivity index is 1.99. The van der Waals surface area contributed by atoms with E-state index in [0.29, 0.717) is 11.6 Å². The SMILES string of the molecule is COC(CNC1=Nc2ccc(Cl)cc2Nc2ccccc21)OC. The molecule has 0 bridgehead atoms. The maximum atomic E-state index is 6.10. The molecule has 0 spiro atoms. The van der Waals surface area contributed by atoms with Crippen LogP contribution in [0.1, 0.15) is 5.56 Å². The van der Waals surface area contributed by atoms with Crippen LogP contribution in [0.25, 0.3) is 0 Å². The molecule has 0 atom stereocenters. The summed E-state index contributed by atoms with van der Waals surface area (Å²) in [6, 6.07) is 13.6. The third-order valence-corrected chi connectivity index (χ3v) is 3.84. The maximum absolute atomic E-state index is 6.10. The van der Waals surface area contributed by atoms with Crippen LogP contribution in [0.3, 0.4) is 0 Å². The lowest BCUT2D eigenvalue weighted by Crippen LogP contribution is -2.34. The number of rotatable bonds is 4.